The van der Waals surface area contributed by atoms with Crippen molar-refractivity contribution in [3.63, 3.8) is 0 Å². The van der Waals surface area contributed by atoms with E-state index in [-0.39, 0.29) is 0 Å². The number of methoxy groups -OCH3 is 6. The molecule has 0 bridgehead atoms. The van der Waals surface area contributed by atoms with E-state index in [2.05, 4.69) is 0 Å². The van der Waals surface area contributed by atoms with E-state index in [1.165, 1.54) is 0 Å². The van der Waals surface area contributed by atoms with Gasteiger partial charge in [0.2, 0.25) is 0 Å². The first-order valence-corrected chi connectivity index (χ1v) is 13.0. The first-order valence-electron chi connectivity index (χ1n) is 9.52. The summed E-state index contributed by atoms with van der Waals surface area (Å²) in [5, 5.41) is 0. The van der Waals surface area contributed by atoms with Crippen LogP contribution in [0, 0.1) is 0 Å². The monoisotopic (exact) mass is 541 g/mol. The number of hydrogen-bond acceptors (Lipinski definition) is 6. The van der Waals surface area contributed by atoms with Gasteiger partial charge in [-0.2, -0.15) is 0 Å². The molecule has 0 saturated carbocycles. The molecule has 0 aromatic heterocycles. The van der Waals surface area contributed by atoms with Crippen LogP contribution in [0.2, 0.25) is 0 Å². The molecule has 3 aromatic carbocycles. The Kier molecular flexibility index (Phi) is 7.78. The summed E-state index contributed by atoms with van der Waals surface area (Å²) in [4.78, 5) is 0. The van der Waals surface area contributed by atoms with Crippen molar-refractivity contribution in [1.29, 1.82) is 0 Å². The van der Waals surface area contributed by atoms with E-state index in [4.69, 9.17) is 28.4 Å². The standard InChI is InChI=1S/C24H27O6Te/c1-25-16-10-7-11-17(26-2)22(16)31(23-18(27-3)12-8-13-19(23)28-4)24-20(29-5)14-9-15-21(24)30-6/h7-15H,1-6H3/q+1. The molecule has 0 unspecified atom stereocenters. The van der Waals surface area contributed by atoms with E-state index in [0.29, 0.717) is 0 Å². The van der Waals surface area contributed by atoms with Crippen LogP contribution < -0.4 is 39.3 Å². The van der Waals surface area contributed by atoms with E-state index in [1.54, 1.807) is 42.7 Å². The van der Waals surface area contributed by atoms with Crippen molar-refractivity contribution in [2.45, 2.75) is 0 Å². The SMILES string of the molecule is COc1cccc(OC)c1[Te+](c1c(OC)cccc1OC)c1c(OC)cccc1OC. The van der Waals surface area contributed by atoms with Gasteiger partial charge >= 0.3 is 191 Å². The Balaban J connectivity index is 2.52. The molecule has 0 aliphatic heterocycles. The fraction of sp³-hybridized carbons (Fsp3) is 0.250. The molecular weight excluding hydrogens is 512 g/mol. The number of rotatable bonds is 9. The summed E-state index contributed by atoms with van der Waals surface area (Å²) in [5.41, 5.74) is 0. The van der Waals surface area contributed by atoms with Gasteiger partial charge < -0.3 is 0 Å². The minimum atomic E-state index is -2.84. The Morgan fingerprint density at radius 1 is 0.387 bits per heavy atom. The van der Waals surface area contributed by atoms with Crippen molar-refractivity contribution < 1.29 is 28.4 Å². The molecule has 164 valence electrons. The molecule has 6 nitrogen and oxygen atoms in total. The van der Waals surface area contributed by atoms with Gasteiger partial charge in [0.05, 0.1) is 0 Å². The summed E-state index contributed by atoms with van der Waals surface area (Å²) < 4.78 is 37.8. The number of hydrogen-bond donors (Lipinski definition) is 0. The summed E-state index contributed by atoms with van der Waals surface area (Å²) in [6.07, 6.45) is 0. The molecular formula is C24H27O6Te+. The molecule has 0 N–H and O–H groups in total. The molecule has 0 spiro atoms. The van der Waals surface area contributed by atoms with Gasteiger partial charge in [-0.05, 0) is 0 Å². The summed E-state index contributed by atoms with van der Waals surface area (Å²) in [6, 6.07) is 17.4. The molecule has 0 atom stereocenters. The summed E-state index contributed by atoms with van der Waals surface area (Å²) in [7, 11) is 9.96. The van der Waals surface area contributed by atoms with Crippen molar-refractivity contribution in [3.8, 4) is 34.5 Å². The second-order valence-electron chi connectivity index (χ2n) is 6.28. The third kappa shape index (κ3) is 4.34. The minimum absolute atomic E-state index is 0.733. The van der Waals surface area contributed by atoms with Crippen molar-refractivity contribution in [3.05, 3.63) is 54.6 Å². The van der Waals surface area contributed by atoms with Crippen molar-refractivity contribution in [2.75, 3.05) is 42.7 Å². The van der Waals surface area contributed by atoms with Crippen LogP contribution in [0.25, 0.3) is 0 Å². The first kappa shape index (κ1) is 22.9. The average Bonchev–Trinajstić information content (AvgIpc) is 2.83. The van der Waals surface area contributed by atoms with Gasteiger partial charge in [0, 0.05) is 0 Å². The van der Waals surface area contributed by atoms with Crippen molar-refractivity contribution in [2.24, 2.45) is 0 Å². The maximum absolute atomic E-state index is 5.81. The van der Waals surface area contributed by atoms with Crippen LogP contribution in [0.4, 0.5) is 0 Å². The molecule has 31 heavy (non-hydrogen) atoms. The topological polar surface area (TPSA) is 55.4 Å². The van der Waals surface area contributed by atoms with E-state index < -0.39 is 19.6 Å². The molecule has 0 radical (unpaired) electrons. The molecule has 0 heterocycles. The molecule has 0 amide bonds. The van der Waals surface area contributed by atoms with E-state index in [1.807, 2.05) is 54.6 Å². The molecule has 0 fully saturated rings. The van der Waals surface area contributed by atoms with E-state index >= 15 is 0 Å². The number of ether oxygens (including phenoxy) is 6. The fourth-order valence-corrected chi connectivity index (χ4v) is 11.1. The molecule has 0 aliphatic carbocycles. The Bertz CT molecular complexity index is 838. The maximum atomic E-state index is 5.81. The Labute approximate surface area is 190 Å². The van der Waals surface area contributed by atoms with Crippen LogP contribution >= 0.6 is 0 Å². The average molecular weight is 539 g/mol. The third-order valence-electron chi connectivity index (χ3n) is 4.76. The van der Waals surface area contributed by atoms with Crippen LogP contribution in [0.1, 0.15) is 0 Å². The van der Waals surface area contributed by atoms with Crippen LogP contribution in [0.3, 0.4) is 0 Å². The molecule has 0 saturated heterocycles. The van der Waals surface area contributed by atoms with Gasteiger partial charge in [-0.25, -0.2) is 0 Å². The summed E-state index contributed by atoms with van der Waals surface area (Å²) >= 11 is -2.84. The van der Waals surface area contributed by atoms with Gasteiger partial charge in [0.25, 0.3) is 0 Å². The first-order chi connectivity index (χ1) is 15.1. The number of benzene rings is 3. The third-order valence-corrected chi connectivity index (χ3v) is 11.7. The van der Waals surface area contributed by atoms with Crippen molar-refractivity contribution in [1.82, 2.24) is 0 Å². The second kappa shape index (κ2) is 10.5. The summed E-state index contributed by atoms with van der Waals surface area (Å²) in [6.45, 7) is 0. The van der Waals surface area contributed by atoms with Gasteiger partial charge in [-0.1, -0.05) is 0 Å². The van der Waals surface area contributed by atoms with E-state index in [9.17, 15) is 0 Å². The Morgan fingerprint density at radius 3 is 0.742 bits per heavy atom. The predicted octanol–water partition coefficient (Wildman–Crippen LogP) is 2.25. The Hall–Kier alpha value is -2.75. The van der Waals surface area contributed by atoms with Crippen LogP contribution in [-0.4, -0.2) is 62.2 Å². The molecule has 3 aromatic rings. The predicted molar refractivity (Wildman–Crippen MR) is 123 cm³/mol. The fourth-order valence-electron chi connectivity index (χ4n) is 3.36. The van der Waals surface area contributed by atoms with Crippen molar-refractivity contribution >= 4 is 30.4 Å². The van der Waals surface area contributed by atoms with Gasteiger partial charge in [0.1, 0.15) is 0 Å². The second-order valence-corrected chi connectivity index (χ2v) is 11.5. The molecule has 7 heteroatoms. The van der Waals surface area contributed by atoms with Crippen LogP contribution in [0.15, 0.2) is 54.6 Å². The van der Waals surface area contributed by atoms with Crippen LogP contribution in [0.5, 0.6) is 34.5 Å². The zero-order chi connectivity index (χ0) is 22.4. The van der Waals surface area contributed by atoms with Gasteiger partial charge in [-0.15, -0.1) is 0 Å². The summed E-state index contributed by atoms with van der Waals surface area (Å²) in [5.74, 6) is 4.40. The quantitative estimate of drug-likeness (QED) is 0.390. The van der Waals surface area contributed by atoms with Gasteiger partial charge in [0.15, 0.2) is 0 Å². The normalized spacial score (nSPS) is 10.5. The van der Waals surface area contributed by atoms with Crippen LogP contribution in [-0.2, 0) is 0 Å². The molecule has 3 rings (SSSR count). The van der Waals surface area contributed by atoms with Gasteiger partial charge in [-0.3, -0.25) is 0 Å². The Morgan fingerprint density at radius 2 is 0.581 bits per heavy atom. The zero-order valence-electron chi connectivity index (χ0n) is 18.6. The molecule has 0 aliphatic rings. The van der Waals surface area contributed by atoms with E-state index in [0.717, 1.165) is 45.3 Å². The zero-order valence-corrected chi connectivity index (χ0v) is 20.9.